The number of carbonyl (C=O) groups is 1. The van der Waals surface area contributed by atoms with E-state index in [1.54, 1.807) is 10.6 Å². The number of hydrogen-bond acceptors (Lipinski definition) is 6. The minimum absolute atomic E-state index is 0.0217. The van der Waals surface area contributed by atoms with Crippen LogP contribution < -0.4 is 10.1 Å². The lowest BCUT2D eigenvalue weighted by Gasteiger charge is -2.13. The molecule has 2 aromatic heterocycles. The number of rotatable bonds is 8. The predicted octanol–water partition coefficient (Wildman–Crippen LogP) is 5.24. The van der Waals surface area contributed by atoms with Gasteiger partial charge in [0.1, 0.15) is 22.2 Å². The number of fused-ring (bicyclic) bond motifs is 1. The van der Waals surface area contributed by atoms with Gasteiger partial charge in [-0.3, -0.25) is 14.2 Å². The summed E-state index contributed by atoms with van der Waals surface area (Å²) >= 11 is 7.59. The molecule has 11 heteroatoms. The number of thioether (sulfide) groups is 1. The topological polar surface area (TPSA) is 68.5 Å². The second kappa shape index (κ2) is 8.92. The molecule has 1 aliphatic rings. The van der Waals surface area contributed by atoms with Crippen molar-refractivity contribution < 1.29 is 22.7 Å². The highest BCUT2D eigenvalue weighted by Gasteiger charge is 2.32. The first-order valence-electron chi connectivity index (χ1n) is 9.92. The number of nitrogens with zero attached hydrogens (tertiary/aromatic N) is 3. The molecule has 32 heavy (non-hydrogen) atoms. The summed E-state index contributed by atoms with van der Waals surface area (Å²) in [6.45, 7) is 2.62. The van der Waals surface area contributed by atoms with E-state index in [-0.39, 0.29) is 16.8 Å². The zero-order valence-electron chi connectivity index (χ0n) is 17.2. The summed E-state index contributed by atoms with van der Waals surface area (Å²) in [4.78, 5) is 22.1. The summed E-state index contributed by atoms with van der Waals surface area (Å²) in [5, 5.41) is 3.85. The van der Waals surface area contributed by atoms with Crippen LogP contribution in [-0.2, 0) is 0 Å². The normalized spacial score (nSPS) is 15.2. The van der Waals surface area contributed by atoms with Crippen LogP contribution in [0.3, 0.4) is 0 Å². The molecule has 170 valence electrons. The van der Waals surface area contributed by atoms with Crippen molar-refractivity contribution in [1.29, 1.82) is 0 Å². The Balaban J connectivity index is 1.72. The monoisotopic (exact) mass is 484 g/mol. The number of benzene rings is 1. The lowest BCUT2D eigenvalue weighted by atomic mass is 10.1. The van der Waals surface area contributed by atoms with Crippen LogP contribution in [0.15, 0.2) is 35.6 Å². The summed E-state index contributed by atoms with van der Waals surface area (Å²) in [6.07, 6.45) is 2.51. The first-order valence-corrected chi connectivity index (χ1v) is 11.5. The van der Waals surface area contributed by atoms with Gasteiger partial charge < -0.3 is 10.1 Å². The highest BCUT2D eigenvalue weighted by atomic mass is 35.5. The second-order valence-electron chi connectivity index (χ2n) is 7.57. The maximum Gasteiger partial charge on any atom is 0.573 e. The highest BCUT2D eigenvalue weighted by Crippen LogP contribution is 2.35. The fourth-order valence-electron chi connectivity index (χ4n) is 3.36. The van der Waals surface area contributed by atoms with Crippen LogP contribution >= 0.6 is 23.4 Å². The third kappa shape index (κ3) is 4.87. The molecule has 2 heterocycles. The van der Waals surface area contributed by atoms with Crippen molar-refractivity contribution in [2.24, 2.45) is 5.92 Å². The summed E-state index contributed by atoms with van der Waals surface area (Å²) in [7, 11) is 0. The molecule has 3 aromatic rings. The van der Waals surface area contributed by atoms with Crippen LogP contribution in [0.25, 0.3) is 16.9 Å². The summed E-state index contributed by atoms with van der Waals surface area (Å²) in [5.74, 6) is 0.104. The Hall–Kier alpha value is -2.30. The molecular weight excluding hydrogens is 465 g/mol. The Morgan fingerprint density at radius 1 is 1.41 bits per heavy atom. The smallest absolute Gasteiger partial charge is 0.406 e. The number of imidazole rings is 1. The predicted molar refractivity (Wildman–Crippen MR) is 116 cm³/mol. The van der Waals surface area contributed by atoms with Gasteiger partial charge in [-0.05, 0) is 56.7 Å². The molecule has 1 saturated carbocycles. The molecule has 0 saturated heterocycles. The Bertz CT molecular complexity index is 1160. The van der Waals surface area contributed by atoms with Gasteiger partial charge in [-0.15, -0.1) is 24.9 Å². The van der Waals surface area contributed by atoms with E-state index in [1.165, 1.54) is 36.9 Å². The summed E-state index contributed by atoms with van der Waals surface area (Å²) in [6, 6.07) is 3.24. The van der Waals surface area contributed by atoms with Crippen molar-refractivity contribution in [2.45, 2.75) is 37.2 Å². The molecule has 1 atom stereocenters. The number of aromatic nitrogens is 3. The van der Waals surface area contributed by atoms with Crippen LogP contribution in [-0.4, -0.2) is 45.4 Å². The minimum Gasteiger partial charge on any atom is -0.406 e. The molecule has 1 N–H and O–H groups in total. The van der Waals surface area contributed by atoms with Gasteiger partial charge in [0.15, 0.2) is 11.4 Å². The van der Waals surface area contributed by atoms with Gasteiger partial charge in [0.2, 0.25) is 0 Å². The van der Waals surface area contributed by atoms with Gasteiger partial charge in [-0.1, -0.05) is 11.6 Å². The standard InChI is InChI=1S/C21H20ClF3N4O2S/c1-11(27-10-12-3-4-12)18(30)17-20(32-2)28-19-16(26-7-8-29(17)19)14-6-5-13(9-15(14)22)31-21(23,24)25/h5-9,11-12,27H,3-4,10H2,1-2H3. The average Bonchev–Trinajstić information content (AvgIpc) is 3.48. The van der Waals surface area contributed by atoms with E-state index in [0.29, 0.717) is 33.5 Å². The number of ketones is 1. The molecule has 0 radical (unpaired) electrons. The van der Waals surface area contributed by atoms with Gasteiger partial charge in [0.05, 0.1) is 11.1 Å². The van der Waals surface area contributed by atoms with Gasteiger partial charge in [0, 0.05) is 18.0 Å². The molecule has 1 unspecified atom stereocenters. The lowest BCUT2D eigenvalue weighted by molar-refractivity contribution is -0.274. The van der Waals surface area contributed by atoms with E-state index in [9.17, 15) is 18.0 Å². The zero-order valence-corrected chi connectivity index (χ0v) is 18.8. The van der Waals surface area contributed by atoms with Crippen LogP contribution in [0, 0.1) is 5.92 Å². The van der Waals surface area contributed by atoms with Crippen molar-refractivity contribution in [3.63, 3.8) is 0 Å². The van der Waals surface area contributed by atoms with Gasteiger partial charge in [-0.25, -0.2) is 4.98 Å². The van der Waals surface area contributed by atoms with Crippen LogP contribution in [0.1, 0.15) is 30.3 Å². The van der Waals surface area contributed by atoms with E-state index in [4.69, 9.17) is 11.6 Å². The van der Waals surface area contributed by atoms with Crippen molar-refractivity contribution in [2.75, 3.05) is 12.8 Å². The van der Waals surface area contributed by atoms with Gasteiger partial charge in [-0.2, -0.15) is 0 Å². The van der Waals surface area contributed by atoms with E-state index in [1.807, 2.05) is 13.2 Å². The van der Waals surface area contributed by atoms with E-state index >= 15 is 0 Å². The van der Waals surface area contributed by atoms with Crippen molar-refractivity contribution in [3.05, 3.63) is 41.3 Å². The maximum absolute atomic E-state index is 13.2. The van der Waals surface area contributed by atoms with Crippen LogP contribution in [0.2, 0.25) is 5.02 Å². The van der Waals surface area contributed by atoms with Crippen molar-refractivity contribution in [3.8, 4) is 17.0 Å². The number of ether oxygens (including phenoxy) is 1. The van der Waals surface area contributed by atoms with Gasteiger partial charge >= 0.3 is 6.36 Å². The number of carbonyl (C=O) groups excluding carboxylic acids is 1. The van der Waals surface area contributed by atoms with E-state index in [0.717, 1.165) is 18.7 Å². The minimum atomic E-state index is -4.82. The first-order chi connectivity index (χ1) is 15.2. The third-order valence-corrected chi connectivity index (χ3v) is 6.15. The first kappa shape index (κ1) is 22.9. The number of Topliss-reactive ketones (excluding diaryl/α,β-unsaturated/α-hetero) is 1. The molecule has 6 nitrogen and oxygen atoms in total. The summed E-state index contributed by atoms with van der Waals surface area (Å²) in [5.41, 5.74) is 1.55. The summed E-state index contributed by atoms with van der Waals surface area (Å²) < 4.78 is 43.1. The molecule has 1 aliphatic carbocycles. The Morgan fingerprint density at radius 2 is 2.16 bits per heavy atom. The zero-order chi connectivity index (χ0) is 23.0. The molecule has 4 rings (SSSR count). The molecule has 0 bridgehead atoms. The Kier molecular flexibility index (Phi) is 6.37. The SMILES string of the molecule is CSc1nc2c(-c3ccc(OC(F)(F)F)cc3Cl)nccn2c1C(=O)C(C)NCC1CC1. The fraction of sp³-hybridized carbons (Fsp3) is 0.381. The number of hydrogen-bond donors (Lipinski definition) is 1. The fourth-order valence-corrected chi connectivity index (χ4v) is 4.19. The van der Waals surface area contributed by atoms with E-state index < -0.39 is 12.1 Å². The molecule has 0 amide bonds. The average molecular weight is 485 g/mol. The van der Waals surface area contributed by atoms with Crippen LogP contribution in [0.4, 0.5) is 13.2 Å². The maximum atomic E-state index is 13.2. The van der Waals surface area contributed by atoms with Crippen LogP contribution in [0.5, 0.6) is 5.75 Å². The highest BCUT2D eigenvalue weighted by molar-refractivity contribution is 7.98. The number of alkyl halides is 3. The molecule has 1 aromatic carbocycles. The quantitative estimate of drug-likeness (QED) is 0.348. The molecule has 0 aliphatic heterocycles. The largest absolute Gasteiger partial charge is 0.573 e. The Morgan fingerprint density at radius 3 is 2.78 bits per heavy atom. The molecular formula is C21H20ClF3N4O2S. The molecule has 0 spiro atoms. The lowest BCUT2D eigenvalue weighted by Crippen LogP contribution is -2.36. The third-order valence-electron chi connectivity index (χ3n) is 5.17. The Labute approximate surface area is 191 Å². The van der Waals surface area contributed by atoms with E-state index in [2.05, 4.69) is 20.0 Å². The number of halogens is 4. The number of nitrogens with one attached hydrogen (secondary N) is 1. The van der Waals surface area contributed by atoms with Crippen molar-refractivity contribution >= 4 is 34.8 Å². The molecule has 1 fully saturated rings. The van der Waals surface area contributed by atoms with Crippen molar-refractivity contribution in [1.82, 2.24) is 19.7 Å². The second-order valence-corrected chi connectivity index (χ2v) is 8.77. The van der Waals surface area contributed by atoms with Gasteiger partial charge in [0.25, 0.3) is 0 Å².